The first-order chi connectivity index (χ1) is 9.35. The van der Waals surface area contributed by atoms with E-state index in [1.165, 1.54) is 12.1 Å². The summed E-state index contributed by atoms with van der Waals surface area (Å²) < 4.78 is 40.3. The molecule has 0 aromatic heterocycles. The molecule has 1 heterocycles. The fourth-order valence-corrected chi connectivity index (χ4v) is 2.44. The van der Waals surface area contributed by atoms with Gasteiger partial charge in [0.15, 0.2) is 0 Å². The summed E-state index contributed by atoms with van der Waals surface area (Å²) in [6.45, 7) is 5.49. The van der Waals surface area contributed by atoms with Gasteiger partial charge in [-0.15, -0.1) is 13.2 Å². The Morgan fingerprint density at radius 1 is 1.45 bits per heavy atom. The molecule has 7 heteroatoms. The van der Waals surface area contributed by atoms with Crippen molar-refractivity contribution in [2.45, 2.75) is 25.9 Å². The Morgan fingerprint density at radius 2 is 2.20 bits per heavy atom. The van der Waals surface area contributed by atoms with Crippen LogP contribution in [0.3, 0.4) is 0 Å². The van der Waals surface area contributed by atoms with Crippen LogP contribution in [0.15, 0.2) is 18.2 Å². The van der Waals surface area contributed by atoms with Gasteiger partial charge in [0.25, 0.3) is 0 Å². The lowest BCUT2D eigenvalue weighted by Crippen LogP contribution is -2.49. The van der Waals surface area contributed by atoms with E-state index in [2.05, 4.69) is 21.9 Å². The molecule has 1 N–H and O–H groups in total. The molecular weight excluding hydrogens is 293 g/mol. The zero-order chi connectivity index (χ0) is 14.8. The molecule has 1 saturated heterocycles. The second kappa shape index (κ2) is 6.20. The highest BCUT2D eigenvalue weighted by molar-refractivity contribution is 6.32. The van der Waals surface area contributed by atoms with Crippen LogP contribution in [0.25, 0.3) is 0 Å². The first-order valence-corrected chi connectivity index (χ1v) is 6.72. The van der Waals surface area contributed by atoms with E-state index in [9.17, 15) is 13.2 Å². The maximum absolute atomic E-state index is 12.1. The van der Waals surface area contributed by atoms with E-state index >= 15 is 0 Å². The fourth-order valence-electron chi connectivity index (χ4n) is 2.20. The Morgan fingerprint density at radius 3 is 2.80 bits per heavy atom. The van der Waals surface area contributed by atoms with E-state index in [1.807, 2.05) is 0 Å². The van der Waals surface area contributed by atoms with Crippen molar-refractivity contribution in [1.29, 1.82) is 0 Å². The lowest BCUT2D eigenvalue weighted by molar-refractivity contribution is -0.274. The molecule has 0 radical (unpaired) electrons. The molecule has 1 atom stereocenters. The number of nitrogens with zero attached hydrogens (tertiary/aromatic N) is 1. The number of nitrogens with one attached hydrogen (secondary N) is 1. The van der Waals surface area contributed by atoms with Gasteiger partial charge in [0, 0.05) is 32.2 Å². The number of piperazine rings is 1. The molecule has 0 amide bonds. The summed E-state index contributed by atoms with van der Waals surface area (Å²) in [5.74, 6) is -0.365. The van der Waals surface area contributed by atoms with Crippen molar-refractivity contribution >= 4 is 11.6 Å². The molecule has 0 bridgehead atoms. The summed E-state index contributed by atoms with van der Waals surface area (Å²) in [5, 5.41) is 3.26. The first-order valence-electron chi connectivity index (χ1n) is 6.34. The molecule has 0 unspecified atom stereocenters. The maximum atomic E-state index is 12.1. The second-order valence-electron chi connectivity index (χ2n) is 4.84. The van der Waals surface area contributed by atoms with Crippen molar-refractivity contribution in [2.24, 2.45) is 0 Å². The van der Waals surface area contributed by atoms with Crippen LogP contribution in [0.1, 0.15) is 12.5 Å². The zero-order valence-electron chi connectivity index (χ0n) is 11.0. The number of hydrogen-bond acceptors (Lipinski definition) is 3. The van der Waals surface area contributed by atoms with E-state index in [1.54, 1.807) is 6.07 Å². The van der Waals surface area contributed by atoms with Gasteiger partial charge in [-0.2, -0.15) is 0 Å². The number of halogens is 4. The summed E-state index contributed by atoms with van der Waals surface area (Å²) in [6.07, 6.45) is -4.72. The number of ether oxygens (including phenoxy) is 1. The Hall–Kier alpha value is -0.980. The predicted octanol–water partition coefficient (Wildman–Crippen LogP) is 3.03. The standard InChI is InChI=1S/C13H16ClF3N2O/c1-9-7-18-4-5-19(9)8-10-2-3-12(11(14)6-10)20-13(15,16)17/h2-3,6,9,18H,4-5,7-8H2,1H3/t9-/m0/s1. The van der Waals surface area contributed by atoms with Gasteiger partial charge in [-0.25, -0.2) is 0 Å². The third kappa shape index (κ3) is 4.26. The predicted molar refractivity (Wildman–Crippen MR) is 70.9 cm³/mol. The van der Waals surface area contributed by atoms with Gasteiger partial charge in [-0.3, -0.25) is 4.90 Å². The minimum absolute atomic E-state index is 0.0254. The summed E-state index contributed by atoms with van der Waals surface area (Å²) in [5.41, 5.74) is 0.873. The quantitative estimate of drug-likeness (QED) is 0.929. The molecule has 2 rings (SSSR count). The third-order valence-electron chi connectivity index (χ3n) is 3.25. The van der Waals surface area contributed by atoms with Gasteiger partial charge >= 0.3 is 6.36 Å². The second-order valence-corrected chi connectivity index (χ2v) is 5.24. The van der Waals surface area contributed by atoms with Crippen LogP contribution in [0.5, 0.6) is 5.75 Å². The van der Waals surface area contributed by atoms with Crippen LogP contribution >= 0.6 is 11.6 Å². The van der Waals surface area contributed by atoms with Gasteiger partial charge in [-0.05, 0) is 24.6 Å². The van der Waals surface area contributed by atoms with Gasteiger partial charge in [0.2, 0.25) is 0 Å². The van der Waals surface area contributed by atoms with Crippen LogP contribution in [0.2, 0.25) is 5.02 Å². The van der Waals surface area contributed by atoms with Crippen molar-refractivity contribution in [3.05, 3.63) is 28.8 Å². The Labute approximate surface area is 120 Å². The van der Waals surface area contributed by atoms with Gasteiger partial charge < -0.3 is 10.1 Å². The Bertz CT molecular complexity index is 467. The molecule has 0 saturated carbocycles. The summed E-state index contributed by atoms with van der Waals surface area (Å²) in [6, 6.07) is 4.78. The Kier molecular flexibility index (Phi) is 4.78. The normalized spacial score (nSPS) is 20.9. The molecule has 1 aliphatic heterocycles. The lowest BCUT2D eigenvalue weighted by Gasteiger charge is -2.33. The average Bonchev–Trinajstić information content (AvgIpc) is 2.34. The first kappa shape index (κ1) is 15.4. The SMILES string of the molecule is C[C@H]1CNCCN1Cc1ccc(OC(F)(F)F)c(Cl)c1. The molecule has 0 spiro atoms. The van der Waals surface area contributed by atoms with E-state index in [0.717, 1.165) is 25.2 Å². The lowest BCUT2D eigenvalue weighted by atomic mass is 10.1. The Balaban J connectivity index is 2.05. The van der Waals surface area contributed by atoms with Crippen molar-refractivity contribution in [1.82, 2.24) is 10.2 Å². The van der Waals surface area contributed by atoms with Gasteiger partial charge in [0.05, 0.1) is 5.02 Å². The topological polar surface area (TPSA) is 24.5 Å². The van der Waals surface area contributed by atoms with Crippen LogP contribution in [0, 0.1) is 0 Å². The molecular formula is C13H16ClF3N2O. The highest BCUT2D eigenvalue weighted by Gasteiger charge is 2.32. The van der Waals surface area contributed by atoms with Crippen molar-refractivity contribution in [3.63, 3.8) is 0 Å². The number of alkyl halides is 3. The molecule has 0 aliphatic carbocycles. The van der Waals surface area contributed by atoms with Crippen LogP contribution in [0.4, 0.5) is 13.2 Å². The molecule has 1 fully saturated rings. The molecule has 1 aromatic carbocycles. The van der Waals surface area contributed by atoms with E-state index in [4.69, 9.17) is 11.6 Å². The van der Waals surface area contributed by atoms with E-state index in [-0.39, 0.29) is 10.8 Å². The van der Waals surface area contributed by atoms with E-state index < -0.39 is 6.36 Å². The molecule has 1 aromatic rings. The summed E-state index contributed by atoms with van der Waals surface area (Å²) in [7, 11) is 0. The number of hydrogen-bond donors (Lipinski definition) is 1. The fraction of sp³-hybridized carbons (Fsp3) is 0.538. The van der Waals surface area contributed by atoms with Crippen LogP contribution in [-0.2, 0) is 6.54 Å². The maximum Gasteiger partial charge on any atom is 0.573 e. The molecule has 112 valence electrons. The largest absolute Gasteiger partial charge is 0.573 e. The summed E-state index contributed by atoms with van der Waals surface area (Å²) >= 11 is 5.83. The van der Waals surface area contributed by atoms with Crippen molar-refractivity contribution in [3.8, 4) is 5.75 Å². The highest BCUT2D eigenvalue weighted by Crippen LogP contribution is 2.31. The minimum Gasteiger partial charge on any atom is -0.404 e. The minimum atomic E-state index is -4.72. The smallest absolute Gasteiger partial charge is 0.404 e. The highest BCUT2D eigenvalue weighted by atomic mass is 35.5. The van der Waals surface area contributed by atoms with E-state index in [0.29, 0.717) is 12.6 Å². The molecule has 1 aliphatic rings. The molecule has 3 nitrogen and oxygen atoms in total. The van der Waals surface area contributed by atoms with Crippen LogP contribution < -0.4 is 10.1 Å². The van der Waals surface area contributed by atoms with Crippen molar-refractivity contribution in [2.75, 3.05) is 19.6 Å². The van der Waals surface area contributed by atoms with Gasteiger partial charge in [-0.1, -0.05) is 17.7 Å². The zero-order valence-corrected chi connectivity index (χ0v) is 11.8. The summed E-state index contributed by atoms with van der Waals surface area (Å²) in [4.78, 5) is 2.26. The van der Waals surface area contributed by atoms with Gasteiger partial charge in [0.1, 0.15) is 5.75 Å². The monoisotopic (exact) mass is 308 g/mol. The average molecular weight is 309 g/mol. The number of rotatable bonds is 3. The molecule has 20 heavy (non-hydrogen) atoms. The van der Waals surface area contributed by atoms with Crippen molar-refractivity contribution < 1.29 is 17.9 Å². The van der Waals surface area contributed by atoms with Crippen LogP contribution in [-0.4, -0.2) is 36.9 Å². The number of benzene rings is 1. The third-order valence-corrected chi connectivity index (χ3v) is 3.54.